The van der Waals surface area contributed by atoms with Gasteiger partial charge in [0, 0.05) is 24.2 Å². The van der Waals surface area contributed by atoms with Gasteiger partial charge < -0.3 is 15.2 Å². The second-order valence-corrected chi connectivity index (χ2v) is 10.7. The number of benzene rings is 2. The van der Waals surface area contributed by atoms with E-state index in [-0.39, 0.29) is 29.0 Å². The lowest BCUT2D eigenvalue weighted by atomic mass is 10.1. The summed E-state index contributed by atoms with van der Waals surface area (Å²) in [5, 5.41) is 28.0. The number of sulfone groups is 1. The van der Waals surface area contributed by atoms with Crippen molar-refractivity contribution in [3.8, 4) is 11.3 Å². The maximum Gasteiger partial charge on any atom is 0.241 e. The number of hydrogen-bond donors (Lipinski definition) is 4. The molecule has 2 aromatic carbocycles. The quantitative estimate of drug-likeness (QED) is 0.202. The fourth-order valence-electron chi connectivity index (χ4n) is 3.19. The second kappa shape index (κ2) is 11.3. The molecule has 0 atom stereocenters. The zero-order chi connectivity index (χ0) is 25.6. The van der Waals surface area contributed by atoms with Gasteiger partial charge in [0.05, 0.1) is 34.3 Å². The van der Waals surface area contributed by atoms with Gasteiger partial charge in [-0.2, -0.15) is 0 Å². The number of nitrogens with zero attached hydrogens (tertiary/aromatic N) is 2. The van der Waals surface area contributed by atoms with E-state index in [2.05, 4.69) is 15.3 Å². The van der Waals surface area contributed by atoms with Crippen LogP contribution in [0.4, 0.5) is 0 Å². The number of rotatable bonds is 9. The van der Waals surface area contributed by atoms with Gasteiger partial charge in [-0.3, -0.25) is 15.8 Å². The first kappa shape index (κ1) is 26.1. The number of nitrogens with one attached hydrogen (secondary N) is 3. The summed E-state index contributed by atoms with van der Waals surface area (Å²) in [6.07, 6.45) is 1.55. The van der Waals surface area contributed by atoms with Crippen LogP contribution in [0.15, 0.2) is 59.6 Å². The molecule has 9 nitrogen and oxygen atoms in total. The molecular formula is C25H29N5O4S. The maximum atomic E-state index is 12.4. The number of aryl methyl sites for hydroxylation is 1. The van der Waals surface area contributed by atoms with Gasteiger partial charge in [-0.05, 0) is 50.6 Å². The van der Waals surface area contributed by atoms with Gasteiger partial charge in [0.15, 0.2) is 9.84 Å². The molecule has 35 heavy (non-hydrogen) atoms. The largest absolute Gasteiger partial charge is 0.419 e. The molecule has 10 heteroatoms. The summed E-state index contributed by atoms with van der Waals surface area (Å²) in [7, 11) is -3.38. The van der Waals surface area contributed by atoms with Crippen molar-refractivity contribution in [2.75, 3.05) is 13.2 Å². The molecule has 0 aliphatic heterocycles. The maximum absolute atomic E-state index is 12.4. The lowest BCUT2D eigenvalue weighted by Gasteiger charge is -2.12. The third-order valence-electron chi connectivity index (χ3n) is 5.31. The van der Waals surface area contributed by atoms with Gasteiger partial charge in [0.1, 0.15) is 5.69 Å². The second-order valence-electron chi connectivity index (χ2n) is 8.17. The van der Waals surface area contributed by atoms with Crippen molar-refractivity contribution in [3.05, 3.63) is 77.2 Å². The van der Waals surface area contributed by atoms with Gasteiger partial charge in [-0.25, -0.2) is 13.4 Å². The van der Waals surface area contributed by atoms with E-state index in [1.165, 1.54) is 12.1 Å². The minimum absolute atomic E-state index is 0.0630. The van der Waals surface area contributed by atoms with Gasteiger partial charge in [-0.1, -0.05) is 24.3 Å². The Hall–Kier alpha value is -3.47. The van der Waals surface area contributed by atoms with E-state index in [1.54, 1.807) is 51.2 Å². The Bertz CT molecular complexity index is 1300. The summed E-state index contributed by atoms with van der Waals surface area (Å²) >= 11 is 0. The zero-order valence-electron chi connectivity index (χ0n) is 19.9. The number of aliphatic hydroxyl groups is 1. The summed E-state index contributed by atoms with van der Waals surface area (Å²) in [5.41, 5.74) is 3.26. The third-order valence-corrected chi connectivity index (χ3v) is 7.48. The summed E-state index contributed by atoms with van der Waals surface area (Å²) in [5.74, 6) is -0.505. The minimum atomic E-state index is -3.38. The van der Waals surface area contributed by atoms with E-state index in [4.69, 9.17) is 20.7 Å². The summed E-state index contributed by atoms with van der Waals surface area (Å²) in [6, 6.07) is 13.5. The van der Waals surface area contributed by atoms with Crippen LogP contribution in [-0.4, -0.2) is 53.7 Å². The molecule has 3 aromatic rings. The van der Waals surface area contributed by atoms with Gasteiger partial charge in [-0.15, -0.1) is 0 Å². The van der Waals surface area contributed by atoms with E-state index in [1.807, 2.05) is 12.1 Å². The van der Waals surface area contributed by atoms with Crippen LogP contribution >= 0.6 is 0 Å². The molecule has 1 aromatic heterocycles. The zero-order valence-corrected chi connectivity index (χ0v) is 20.7. The molecule has 0 saturated heterocycles. The van der Waals surface area contributed by atoms with Crippen molar-refractivity contribution < 1.29 is 18.3 Å². The Morgan fingerprint density at radius 1 is 1.06 bits per heavy atom. The van der Waals surface area contributed by atoms with Gasteiger partial charge >= 0.3 is 0 Å². The van der Waals surface area contributed by atoms with Crippen molar-refractivity contribution in [2.45, 2.75) is 37.5 Å². The highest BCUT2D eigenvalue weighted by molar-refractivity contribution is 7.92. The Morgan fingerprint density at radius 3 is 2.31 bits per heavy atom. The molecule has 3 rings (SSSR count). The molecule has 184 valence electrons. The first-order chi connectivity index (χ1) is 16.6. The van der Waals surface area contributed by atoms with E-state index in [0.717, 1.165) is 5.56 Å². The fraction of sp³-hybridized carbons (Fsp3) is 0.280. The lowest BCUT2D eigenvalue weighted by Crippen LogP contribution is -2.18. The summed E-state index contributed by atoms with van der Waals surface area (Å²) < 4.78 is 30.2. The number of ether oxygens (including phenoxy) is 1. The molecule has 1 heterocycles. The topological polar surface area (TPSA) is 149 Å². The molecule has 0 aliphatic carbocycles. The van der Waals surface area contributed by atoms with Crippen molar-refractivity contribution in [2.24, 2.45) is 0 Å². The molecule has 0 spiro atoms. The van der Waals surface area contributed by atoms with E-state index in [0.29, 0.717) is 35.6 Å². The van der Waals surface area contributed by atoms with E-state index >= 15 is 0 Å². The normalized spacial score (nSPS) is 11.5. The molecular weight excluding hydrogens is 466 g/mol. The first-order valence-corrected chi connectivity index (χ1v) is 12.6. The lowest BCUT2D eigenvalue weighted by molar-refractivity contribution is 0.292. The highest BCUT2D eigenvalue weighted by Crippen LogP contribution is 2.22. The van der Waals surface area contributed by atoms with Crippen LogP contribution in [-0.2, 0) is 21.1 Å². The molecule has 0 radical (unpaired) electrons. The smallest absolute Gasteiger partial charge is 0.241 e. The number of hydrogen-bond acceptors (Lipinski definition) is 9. The fourth-order valence-corrected chi connectivity index (χ4v) is 4.25. The molecule has 4 N–H and O–H groups in total. The first-order valence-electron chi connectivity index (χ1n) is 11.1. The van der Waals surface area contributed by atoms with Gasteiger partial charge in [0.2, 0.25) is 11.8 Å². The predicted octanol–water partition coefficient (Wildman–Crippen LogP) is 3.08. The van der Waals surface area contributed by atoms with Crippen LogP contribution in [0.1, 0.15) is 36.4 Å². The van der Waals surface area contributed by atoms with Crippen LogP contribution in [0.5, 0.6) is 0 Å². The van der Waals surface area contributed by atoms with Crippen molar-refractivity contribution in [1.82, 2.24) is 15.3 Å². The molecule has 0 bridgehead atoms. The SMILES string of the molecule is Cc1ncc(-c2ccc(S(=O)(=O)C(C)C)cc2)nc1C(=N)OC(=N)c1ccc(CNCCO)cc1. The highest BCUT2D eigenvalue weighted by atomic mass is 32.2. The Kier molecular flexibility index (Phi) is 8.44. The highest BCUT2D eigenvalue weighted by Gasteiger charge is 2.20. The number of aromatic nitrogens is 2. The Balaban J connectivity index is 1.75. The van der Waals surface area contributed by atoms with Crippen molar-refractivity contribution in [3.63, 3.8) is 0 Å². The van der Waals surface area contributed by atoms with Crippen LogP contribution in [0, 0.1) is 17.7 Å². The average Bonchev–Trinajstić information content (AvgIpc) is 2.84. The standard InChI is InChI=1S/C25H29N5O4S/c1-16(2)35(32,33)21-10-8-19(9-11-21)22-15-29-17(3)23(30-22)25(27)34-24(26)20-6-4-18(5-7-20)14-28-12-13-31/h4-11,15-16,26-28,31H,12-14H2,1-3H3. The van der Waals surface area contributed by atoms with Crippen LogP contribution in [0.2, 0.25) is 0 Å². The molecule has 0 aliphatic rings. The van der Waals surface area contributed by atoms with E-state index in [9.17, 15) is 8.42 Å². The average molecular weight is 496 g/mol. The Labute approximate surface area is 205 Å². The number of aliphatic hydroxyl groups excluding tert-OH is 1. The molecule has 0 amide bonds. The molecule has 0 saturated carbocycles. The molecule has 0 fully saturated rings. The minimum Gasteiger partial charge on any atom is -0.419 e. The predicted molar refractivity (Wildman–Crippen MR) is 135 cm³/mol. The van der Waals surface area contributed by atoms with Gasteiger partial charge in [0.25, 0.3) is 0 Å². The summed E-state index contributed by atoms with van der Waals surface area (Å²) in [6.45, 7) is 6.12. The Morgan fingerprint density at radius 2 is 1.71 bits per heavy atom. The van der Waals surface area contributed by atoms with E-state index < -0.39 is 15.1 Å². The van der Waals surface area contributed by atoms with Crippen LogP contribution in [0.3, 0.4) is 0 Å². The third kappa shape index (κ3) is 6.36. The van der Waals surface area contributed by atoms with Crippen LogP contribution in [0.25, 0.3) is 11.3 Å². The summed E-state index contributed by atoms with van der Waals surface area (Å²) in [4.78, 5) is 9.02. The van der Waals surface area contributed by atoms with Crippen molar-refractivity contribution >= 4 is 21.6 Å². The molecule has 0 unspecified atom stereocenters. The van der Waals surface area contributed by atoms with Crippen molar-refractivity contribution in [1.29, 1.82) is 10.8 Å². The van der Waals surface area contributed by atoms with Crippen LogP contribution < -0.4 is 5.32 Å². The monoisotopic (exact) mass is 495 g/mol.